The van der Waals surface area contributed by atoms with Crippen molar-refractivity contribution in [1.29, 1.82) is 0 Å². The number of rotatable bonds is 4. The molecule has 0 atom stereocenters. The Morgan fingerprint density at radius 2 is 1.89 bits per heavy atom. The van der Waals surface area contributed by atoms with E-state index in [0.717, 1.165) is 17.7 Å². The number of hydrogen-bond acceptors (Lipinski definition) is 3. The van der Waals surface area contributed by atoms with Gasteiger partial charge in [-0.3, -0.25) is 0 Å². The average molecular weight is 280 g/mol. The second-order valence-electron chi connectivity index (χ2n) is 3.94. The summed E-state index contributed by atoms with van der Waals surface area (Å²) in [6.07, 6.45) is 0. The van der Waals surface area contributed by atoms with Crippen LogP contribution in [-0.4, -0.2) is 17.2 Å². The van der Waals surface area contributed by atoms with E-state index in [0.29, 0.717) is 5.02 Å². The third-order valence-electron chi connectivity index (χ3n) is 2.59. The maximum absolute atomic E-state index is 13.1. The van der Waals surface area contributed by atoms with E-state index in [1.807, 2.05) is 0 Å². The van der Waals surface area contributed by atoms with Crippen LogP contribution in [0.4, 0.5) is 4.39 Å². The lowest BCUT2D eigenvalue weighted by Gasteiger charge is -2.12. The van der Waals surface area contributed by atoms with Crippen LogP contribution in [0, 0.1) is 5.82 Å². The van der Waals surface area contributed by atoms with E-state index in [9.17, 15) is 14.4 Å². The smallest absolute Gasteiger partial charge is 0.489 e. The van der Waals surface area contributed by atoms with Crippen LogP contribution in [0.1, 0.15) is 5.56 Å². The van der Waals surface area contributed by atoms with Gasteiger partial charge in [-0.05, 0) is 12.1 Å². The molecule has 6 heteroatoms. The summed E-state index contributed by atoms with van der Waals surface area (Å²) in [5, 5.41) is 18.9. The molecule has 0 saturated heterocycles. The van der Waals surface area contributed by atoms with Gasteiger partial charge in [0.15, 0.2) is 0 Å². The number of hydrogen-bond donors (Lipinski definition) is 2. The van der Waals surface area contributed by atoms with Crippen molar-refractivity contribution >= 4 is 24.2 Å². The van der Waals surface area contributed by atoms with Crippen LogP contribution < -0.4 is 10.2 Å². The summed E-state index contributed by atoms with van der Waals surface area (Å²) in [5.41, 5.74) is 0.834. The van der Waals surface area contributed by atoms with Crippen molar-refractivity contribution in [3.8, 4) is 5.75 Å². The molecule has 2 rings (SSSR count). The standard InChI is InChI=1S/C13H11BClFO3/c15-12-4-2-1-3-9(12)8-19-13-7-10(16)5-6-11(13)14(17)18/h1-7,17-18H,8H2. The van der Waals surface area contributed by atoms with Gasteiger partial charge in [-0.1, -0.05) is 35.9 Å². The van der Waals surface area contributed by atoms with E-state index < -0.39 is 12.9 Å². The molecule has 0 aliphatic rings. The summed E-state index contributed by atoms with van der Waals surface area (Å²) in [6, 6.07) is 10.6. The molecule has 0 amide bonds. The maximum atomic E-state index is 13.1. The molecule has 0 aromatic heterocycles. The minimum Gasteiger partial charge on any atom is -0.489 e. The van der Waals surface area contributed by atoms with E-state index in [1.165, 1.54) is 6.07 Å². The number of halogens is 2. The quantitative estimate of drug-likeness (QED) is 0.839. The van der Waals surface area contributed by atoms with Crippen molar-refractivity contribution in [1.82, 2.24) is 0 Å². The third kappa shape index (κ3) is 3.47. The van der Waals surface area contributed by atoms with Crippen molar-refractivity contribution in [2.45, 2.75) is 6.61 Å². The van der Waals surface area contributed by atoms with Crippen LogP contribution in [0.5, 0.6) is 5.75 Å². The summed E-state index contributed by atoms with van der Waals surface area (Å²) >= 11 is 5.97. The Bertz CT molecular complexity index is 578. The Morgan fingerprint density at radius 1 is 1.16 bits per heavy atom. The minimum absolute atomic E-state index is 0.0786. The predicted octanol–water partition coefficient (Wildman–Crippen LogP) is 1.74. The first-order valence-corrected chi connectivity index (χ1v) is 5.97. The molecule has 0 saturated carbocycles. The summed E-state index contributed by atoms with van der Waals surface area (Å²) in [6.45, 7) is 0.114. The third-order valence-corrected chi connectivity index (χ3v) is 2.96. The topological polar surface area (TPSA) is 49.7 Å². The second kappa shape index (κ2) is 6.06. The Kier molecular flexibility index (Phi) is 4.42. The van der Waals surface area contributed by atoms with Crippen molar-refractivity contribution in [2.75, 3.05) is 0 Å². The summed E-state index contributed by atoms with van der Waals surface area (Å²) < 4.78 is 18.5. The van der Waals surface area contributed by atoms with Gasteiger partial charge in [-0.25, -0.2) is 4.39 Å². The van der Waals surface area contributed by atoms with Crippen LogP contribution in [0.3, 0.4) is 0 Å². The lowest BCUT2D eigenvalue weighted by molar-refractivity contribution is 0.305. The summed E-state index contributed by atoms with van der Waals surface area (Å²) in [5.74, 6) is -0.437. The Balaban J connectivity index is 2.19. The van der Waals surface area contributed by atoms with Gasteiger partial charge in [0, 0.05) is 22.1 Å². The number of benzene rings is 2. The molecular weight excluding hydrogens is 269 g/mol. The molecular formula is C13H11BClFO3. The van der Waals surface area contributed by atoms with Gasteiger partial charge in [0.05, 0.1) is 0 Å². The highest BCUT2D eigenvalue weighted by Crippen LogP contribution is 2.18. The Morgan fingerprint density at radius 3 is 2.58 bits per heavy atom. The zero-order valence-corrected chi connectivity index (χ0v) is 10.6. The van der Waals surface area contributed by atoms with Gasteiger partial charge in [0.25, 0.3) is 0 Å². The molecule has 98 valence electrons. The van der Waals surface area contributed by atoms with E-state index >= 15 is 0 Å². The first-order valence-electron chi connectivity index (χ1n) is 5.59. The van der Waals surface area contributed by atoms with Gasteiger partial charge < -0.3 is 14.8 Å². The lowest BCUT2D eigenvalue weighted by atomic mass is 9.79. The van der Waals surface area contributed by atoms with E-state index in [-0.39, 0.29) is 17.8 Å². The van der Waals surface area contributed by atoms with Gasteiger partial charge in [0.2, 0.25) is 0 Å². The van der Waals surface area contributed by atoms with Crippen molar-refractivity contribution in [2.24, 2.45) is 0 Å². The van der Waals surface area contributed by atoms with Crippen LogP contribution in [0.2, 0.25) is 5.02 Å². The average Bonchev–Trinajstić information content (AvgIpc) is 2.37. The zero-order valence-electron chi connectivity index (χ0n) is 9.88. The van der Waals surface area contributed by atoms with Crippen molar-refractivity contribution < 1.29 is 19.2 Å². The Labute approximate surface area is 115 Å². The normalized spacial score (nSPS) is 10.3. The molecule has 0 unspecified atom stereocenters. The first kappa shape index (κ1) is 13.9. The molecule has 2 N–H and O–H groups in total. The summed E-state index contributed by atoms with van der Waals surface area (Å²) in [4.78, 5) is 0. The molecule has 19 heavy (non-hydrogen) atoms. The van der Waals surface area contributed by atoms with Crippen LogP contribution in [-0.2, 0) is 6.61 Å². The first-order chi connectivity index (χ1) is 9.08. The molecule has 0 fully saturated rings. The van der Waals surface area contributed by atoms with Crippen LogP contribution in [0.15, 0.2) is 42.5 Å². The van der Waals surface area contributed by atoms with Gasteiger partial charge in [-0.2, -0.15) is 0 Å². The summed E-state index contributed by atoms with van der Waals surface area (Å²) in [7, 11) is -1.72. The fourth-order valence-electron chi connectivity index (χ4n) is 1.62. The molecule has 0 heterocycles. The minimum atomic E-state index is -1.72. The number of ether oxygens (including phenoxy) is 1. The highest BCUT2D eigenvalue weighted by atomic mass is 35.5. The highest BCUT2D eigenvalue weighted by molar-refractivity contribution is 6.59. The second-order valence-corrected chi connectivity index (χ2v) is 4.34. The van der Waals surface area contributed by atoms with Gasteiger partial charge in [0.1, 0.15) is 18.2 Å². The maximum Gasteiger partial charge on any atom is 0.492 e. The fraction of sp³-hybridized carbons (Fsp3) is 0.0769. The molecule has 2 aromatic rings. The monoisotopic (exact) mass is 280 g/mol. The van der Waals surface area contributed by atoms with E-state index in [2.05, 4.69) is 0 Å². The van der Waals surface area contributed by atoms with Gasteiger partial charge in [-0.15, -0.1) is 0 Å². The fourth-order valence-corrected chi connectivity index (χ4v) is 1.81. The van der Waals surface area contributed by atoms with E-state index in [4.69, 9.17) is 16.3 Å². The highest BCUT2D eigenvalue weighted by Gasteiger charge is 2.18. The van der Waals surface area contributed by atoms with Crippen molar-refractivity contribution in [3.63, 3.8) is 0 Å². The lowest BCUT2D eigenvalue weighted by Crippen LogP contribution is -2.31. The van der Waals surface area contributed by atoms with Crippen LogP contribution >= 0.6 is 11.6 Å². The molecule has 3 nitrogen and oxygen atoms in total. The van der Waals surface area contributed by atoms with Gasteiger partial charge >= 0.3 is 7.12 Å². The molecule has 0 spiro atoms. The van der Waals surface area contributed by atoms with Crippen molar-refractivity contribution in [3.05, 3.63) is 58.9 Å². The zero-order chi connectivity index (χ0) is 13.8. The molecule has 0 aliphatic heterocycles. The Hall–Kier alpha value is -1.56. The largest absolute Gasteiger partial charge is 0.492 e. The SMILES string of the molecule is OB(O)c1ccc(F)cc1OCc1ccccc1Cl. The van der Waals surface area contributed by atoms with E-state index in [1.54, 1.807) is 24.3 Å². The predicted molar refractivity (Wildman–Crippen MR) is 72.0 cm³/mol. The van der Waals surface area contributed by atoms with Crippen LogP contribution in [0.25, 0.3) is 0 Å². The molecule has 2 aromatic carbocycles. The molecule has 0 bridgehead atoms. The molecule has 0 radical (unpaired) electrons. The molecule has 0 aliphatic carbocycles.